The molecule has 2 aromatic heterocycles. The summed E-state index contributed by atoms with van der Waals surface area (Å²) in [7, 11) is 0. The van der Waals surface area contributed by atoms with Gasteiger partial charge in [0.1, 0.15) is 22.7 Å². The van der Waals surface area contributed by atoms with Gasteiger partial charge in [-0.15, -0.1) is 0 Å². The summed E-state index contributed by atoms with van der Waals surface area (Å²) < 4.78 is 28.3. The van der Waals surface area contributed by atoms with Gasteiger partial charge in [0.05, 0.1) is 25.4 Å². The quantitative estimate of drug-likeness (QED) is 0.236. The predicted octanol–water partition coefficient (Wildman–Crippen LogP) is 3.68. The van der Waals surface area contributed by atoms with E-state index in [9.17, 15) is 9.59 Å². The lowest BCUT2D eigenvalue weighted by Gasteiger charge is -2.24. The van der Waals surface area contributed by atoms with Crippen molar-refractivity contribution in [3.05, 3.63) is 97.9 Å². The average molecular weight is 666 g/mol. The summed E-state index contributed by atoms with van der Waals surface area (Å²) in [5, 5.41) is 6.62. The summed E-state index contributed by atoms with van der Waals surface area (Å²) in [5.74, 6) is 4.92. The van der Waals surface area contributed by atoms with E-state index >= 15 is 4.39 Å². The van der Waals surface area contributed by atoms with Gasteiger partial charge in [-0.1, -0.05) is 11.8 Å². The fourth-order valence-electron chi connectivity index (χ4n) is 4.00. The number of nitrogens with two attached hydrogens (primary N) is 1. The fraction of sp³-hybridized carbons (Fsp3) is 0.172. The van der Waals surface area contributed by atoms with Gasteiger partial charge < -0.3 is 20.5 Å². The number of hydrogen-bond acceptors (Lipinski definition) is 8. The van der Waals surface area contributed by atoms with Crippen molar-refractivity contribution in [2.45, 2.75) is 0 Å². The van der Waals surface area contributed by atoms with Crippen LogP contribution in [-0.4, -0.2) is 58.4 Å². The zero-order valence-corrected chi connectivity index (χ0v) is 23.8. The lowest BCUT2D eigenvalue weighted by Crippen LogP contribution is -2.36. The molecule has 1 aliphatic rings. The van der Waals surface area contributed by atoms with Crippen molar-refractivity contribution in [3.63, 3.8) is 0 Å². The summed E-state index contributed by atoms with van der Waals surface area (Å²) in [4.78, 5) is 32.1. The van der Waals surface area contributed by atoms with E-state index in [1.54, 1.807) is 18.2 Å². The minimum Gasteiger partial charge on any atom is -0.453 e. The van der Waals surface area contributed by atoms with Gasteiger partial charge in [-0.05, 0) is 65.1 Å². The zero-order chi connectivity index (χ0) is 28.8. The van der Waals surface area contributed by atoms with Crippen molar-refractivity contribution in [2.24, 2.45) is 0 Å². The molecule has 1 amide bonds. The molecular weight excluding hydrogens is 642 g/mol. The molecular formula is C29H24FIN6O4. The molecule has 3 N–H and O–H groups in total. The van der Waals surface area contributed by atoms with Crippen molar-refractivity contribution in [1.82, 2.24) is 19.7 Å². The van der Waals surface area contributed by atoms with Crippen LogP contribution < -0.4 is 21.3 Å². The van der Waals surface area contributed by atoms with Crippen LogP contribution in [0.5, 0.6) is 11.5 Å². The standard InChI is InChI=1S/C29H24FIN6O4/c30-24-18-20(35-28(38)23-9-12-34-37(29(23)39)21-6-3-19(31)4-7-21)5-8-26(24)41-25-10-11-33-27(32)22(25)2-1-13-36-14-16-40-17-15-36/h3-12,18H,13-17H2,(H2,32,33)(H,35,38). The Kier molecular flexibility index (Phi) is 8.88. The predicted molar refractivity (Wildman–Crippen MR) is 160 cm³/mol. The maximum atomic E-state index is 15.1. The van der Waals surface area contributed by atoms with Gasteiger partial charge in [-0.25, -0.2) is 9.37 Å². The van der Waals surface area contributed by atoms with Crippen LogP contribution in [0.25, 0.3) is 5.69 Å². The van der Waals surface area contributed by atoms with Crippen molar-refractivity contribution in [2.75, 3.05) is 43.9 Å². The largest absolute Gasteiger partial charge is 0.453 e. The van der Waals surface area contributed by atoms with E-state index in [1.807, 2.05) is 12.1 Å². The number of benzene rings is 2. The highest BCUT2D eigenvalue weighted by molar-refractivity contribution is 14.1. The molecule has 0 saturated carbocycles. The molecule has 0 aliphatic carbocycles. The van der Waals surface area contributed by atoms with Crippen molar-refractivity contribution in [1.29, 1.82) is 0 Å². The molecule has 10 nitrogen and oxygen atoms in total. The molecule has 208 valence electrons. The third-order valence-corrected chi connectivity index (χ3v) is 6.85. The topological polar surface area (TPSA) is 125 Å². The fourth-order valence-corrected chi connectivity index (χ4v) is 4.36. The summed E-state index contributed by atoms with van der Waals surface area (Å²) in [6, 6.07) is 13.9. The van der Waals surface area contributed by atoms with E-state index < -0.39 is 17.3 Å². The van der Waals surface area contributed by atoms with Gasteiger partial charge in [-0.2, -0.15) is 9.78 Å². The average Bonchev–Trinajstić information content (AvgIpc) is 2.97. The molecule has 0 radical (unpaired) electrons. The molecule has 0 spiro atoms. The van der Waals surface area contributed by atoms with E-state index in [4.69, 9.17) is 15.2 Å². The number of ether oxygens (including phenoxy) is 2. The molecule has 1 aliphatic heterocycles. The SMILES string of the molecule is Nc1nccc(Oc2ccc(NC(=O)c3ccnn(-c4ccc(I)cc4)c3=O)cc2F)c1C#CCN1CCOCC1. The third-order valence-electron chi connectivity index (χ3n) is 6.13. The number of nitrogens with zero attached hydrogens (tertiary/aromatic N) is 4. The number of carbonyl (C=O) groups is 1. The summed E-state index contributed by atoms with van der Waals surface area (Å²) in [6.07, 6.45) is 2.80. The second kappa shape index (κ2) is 12.9. The van der Waals surface area contributed by atoms with Crippen LogP contribution in [0.4, 0.5) is 15.9 Å². The Bertz CT molecular complexity index is 1690. The number of hydrogen-bond donors (Lipinski definition) is 2. The number of nitrogen functional groups attached to an aromatic ring is 1. The molecule has 3 heterocycles. The number of amides is 1. The Balaban J connectivity index is 1.31. The minimum absolute atomic E-state index is 0.102. The van der Waals surface area contributed by atoms with Gasteiger partial charge in [0.2, 0.25) is 0 Å². The van der Waals surface area contributed by atoms with Crippen molar-refractivity contribution in [3.8, 4) is 29.0 Å². The molecule has 1 saturated heterocycles. The Hall–Kier alpha value is -4.32. The van der Waals surface area contributed by atoms with E-state index in [2.05, 4.69) is 54.7 Å². The highest BCUT2D eigenvalue weighted by atomic mass is 127. The first-order valence-corrected chi connectivity index (χ1v) is 13.6. The van der Waals surface area contributed by atoms with Crippen LogP contribution in [0, 0.1) is 21.2 Å². The molecule has 41 heavy (non-hydrogen) atoms. The lowest BCUT2D eigenvalue weighted by atomic mass is 10.2. The number of morpholine rings is 1. The van der Waals surface area contributed by atoms with E-state index in [0.29, 0.717) is 31.0 Å². The van der Waals surface area contributed by atoms with Crippen molar-refractivity contribution >= 4 is 40.0 Å². The van der Waals surface area contributed by atoms with E-state index in [-0.39, 0.29) is 28.6 Å². The normalized spacial score (nSPS) is 13.2. The number of aromatic nitrogens is 3. The van der Waals surface area contributed by atoms with Gasteiger partial charge in [-0.3, -0.25) is 14.5 Å². The highest BCUT2D eigenvalue weighted by Crippen LogP contribution is 2.30. The number of carbonyl (C=O) groups excluding carboxylic acids is 1. The second-order valence-electron chi connectivity index (χ2n) is 8.90. The molecule has 2 aromatic carbocycles. The smallest absolute Gasteiger partial charge is 0.284 e. The van der Waals surface area contributed by atoms with Gasteiger partial charge in [0, 0.05) is 46.9 Å². The Morgan fingerprint density at radius 2 is 1.88 bits per heavy atom. The van der Waals surface area contributed by atoms with Crippen LogP contribution in [0.2, 0.25) is 0 Å². The van der Waals surface area contributed by atoms with Gasteiger partial charge in [0.25, 0.3) is 11.5 Å². The first-order valence-electron chi connectivity index (χ1n) is 12.6. The van der Waals surface area contributed by atoms with E-state index in [0.717, 1.165) is 27.4 Å². The van der Waals surface area contributed by atoms with Crippen molar-refractivity contribution < 1.29 is 18.7 Å². The summed E-state index contributed by atoms with van der Waals surface area (Å²) in [5.41, 5.74) is 6.27. The summed E-state index contributed by atoms with van der Waals surface area (Å²) in [6.45, 7) is 3.42. The van der Waals surface area contributed by atoms with Crippen LogP contribution in [-0.2, 0) is 4.74 Å². The zero-order valence-electron chi connectivity index (χ0n) is 21.6. The first-order chi connectivity index (χ1) is 19.9. The molecule has 4 aromatic rings. The molecule has 0 unspecified atom stereocenters. The lowest BCUT2D eigenvalue weighted by molar-refractivity contribution is 0.0443. The second-order valence-corrected chi connectivity index (χ2v) is 10.1. The Labute approximate surface area is 248 Å². The highest BCUT2D eigenvalue weighted by Gasteiger charge is 2.17. The number of rotatable bonds is 6. The molecule has 1 fully saturated rings. The Morgan fingerprint density at radius 3 is 2.63 bits per heavy atom. The summed E-state index contributed by atoms with van der Waals surface area (Å²) >= 11 is 2.15. The third kappa shape index (κ3) is 6.88. The van der Waals surface area contributed by atoms with E-state index in [1.165, 1.54) is 30.6 Å². The monoisotopic (exact) mass is 666 g/mol. The minimum atomic E-state index is -0.739. The van der Waals surface area contributed by atoms with Crippen LogP contribution in [0.3, 0.4) is 0 Å². The molecule has 0 atom stereocenters. The van der Waals surface area contributed by atoms with Gasteiger partial charge >= 0.3 is 0 Å². The van der Waals surface area contributed by atoms with Crippen LogP contribution in [0.1, 0.15) is 15.9 Å². The molecule has 5 rings (SSSR count). The van der Waals surface area contributed by atoms with Crippen LogP contribution in [0.15, 0.2) is 71.8 Å². The maximum absolute atomic E-state index is 15.1. The molecule has 0 bridgehead atoms. The number of anilines is 2. The number of pyridine rings is 1. The maximum Gasteiger partial charge on any atom is 0.284 e. The number of halogens is 2. The Morgan fingerprint density at radius 1 is 1.10 bits per heavy atom. The van der Waals surface area contributed by atoms with Gasteiger partial charge in [0.15, 0.2) is 11.6 Å². The number of nitrogens with one attached hydrogen (secondary N) is 1. The first kappa shape index (κ1) is 28.2. The molecule has 12 heteroatoms. The van der Waals surface area contributed by atoms with Crippen LogP contribution >= 0.6 is 22.6 Å².